The highest BCUT2D eigenvalue weighted by molar-refractivity contribution is 5.75. The first-order valence-electron chi connectivity index (χ1n) is 6.03. The number of nitrogens with one attached hydrogen (secondary N) is 1. The molecule has 1 amide bonds. The van der Waals surface area contributed by atoms with Crippen LogP contribution < -0.4 is 5.32 Å². The minimum Gasteiger partial charge on any atom is -0.349 e. The summed E-state index contributed by atoms with van der Waals surface area (Å²) in [4.78, 5) is 11.8. The van der Waals surface area contributed by atoms with Gasteiger partial charge in [0.2, 0.25) is 5.91 Å². The summed E-state index contributed by atoms with van der Waals surface area (Å²) in [5, 5.41) is 10.4. The molecule has 0 unspecified atom stereocenters. The molecule has 1 N–H and O–H groups in total. The fourth-order valence-corrected chi connectivity index (χ4v) is 1.76. The second-order valence-electron chi connectivity index (χ2n) is 4.39. The second-order valence-corrected chi connectivity index (χ2v) is 4.39. The Morgan fingerprint density at radius 2 is 2.25 bits per heavy atom. The molecule has 108 valence electrons. The summed E-state index contributed by atoms with van der Waals surface area (Å²) in [6, 6.07) is 3.06. The Labute approximate surface area is 114 Å². The number of halogens is 2. The van der Waals surface area contributed by atoms with E-state index in [1.807, 2.05) is 0 Å². The zero-order valence-electron chi connectivity index (χ0n) is 11.2. The number of hydrogen-bond donors (Lipinski definition) is 1. The van der Waals surface area contributed by atoms with Crippen molar-refractivity contribution in [2.24, 2.45) is 7.05 Å². The van der Waals surface area contributed by atoms with Crippen LogP contribution >= 0.6 is 0 Å². The molecule has 0 bridgehead atoms. The molecule has 0 atom stereocenters. The van der Waals surface area contributed by atoms with Crippen LogP contribution in [0.2, 0.25) is 0 Å². The molecule has 2 rings (SSSR count). The minimum absolute atomic E-state index is 0.0869. The van der Waals surface area contributed by atoms with E-state index in [0.29, 0.717) is 12.2 Å². The maximum Gasteiger partial charge on any atom is 0.282 e. The van der Waals surface area contributed by atoms with E-state index in [2.05, 4.69) is 15.5 Å². The van der Waals surface area contributed by atoms with E-state index in [9.17, 15) is 13.6 Å². The van der Waals surface area contributed by atoms with E-state index in [-0.39, 0.29) is 18.1 Å². The Balaban J connectivity index is 1.93. The van der Waals surface area contributed by atoms with Crippen molar-refractivity contribution in [3.05, 3.63) is 35.4 Å². The predicted octanol–water partition coefficient (Wildman–Crippen LogP) is 1.18. The summed E-state index contributed by atoms with van der Waals surface area (Å²) in [6.07, 6.45) is -0.999. The Morgan fingerprint density at radius 3 is 2.80 bits per heavy atom. The van der Waals surface area contributed by atoms with Crippen LogP contribution in [0.5, 0.6) is 0 Å². The highest BCUT2D eigenvalue weighted by Crippen LogP contribution is 2.17. The third kappa shape index (κ3) is 3.19. The maximum atomic E-state index is 12.5. The molecule has 0 saturated carbocycles. The molecule has 0 aromatic carbocycles. The number of carbonyl (C=O) groups excluding carboxylic acids is 1. The summed E-state index contributed by atoms with van der Waals surface area (Å²) < 4.78 is 27.9. The molecule has 8 heteroatoms. The summed E-state index contributed by atoms with van der Waals surface area (Å²) in [5.41, 5.74) is 1.06. The van der Waals surface area contributed by atoms with Gasteiger partial charge in [-0.2, -0.15) is 10.2 Å². The number of aryl methyl sites for hydroxylation is 2. The number of aromatic nitrogens is 4. The fraction of sp³-hybridized carbons (Fsp3) is 0.417. The van der Waals surface area contributed by atoms with E-state index in [1.54, 1.807) is 30.9 Å². The molecular formula is C12H15F2N5O. The lowest BCUT2D eigenvalue weighted by Gasteiger charge is -2.07. The molecule has 2 heterocycles. The monoisotopic (exact) mass is 283 g/mol. The highest BCUT2D eigenvalue weighted by Gasteiger charge is 2.15. The number of hydrogen-bond acceptors (Lipinski definition) is 3. The van der Waals surface area contributed by atoms with Crippen molar-refractivity contribution in [2.75, 3.05) is 0 Å². The van der Waals surface area contributed by atoms with Gasteiger partial charge < -0.3 is 5.32 Å². The first kappa shape index (κ1) is 14.2. The zero-order chi connectivity index (χ0) is 14.7. The van der Waals surface area contributed by atoms with Gasteiger partial charge in [-0.3, -0.25) is 14.2 Å². The van der Waals surface area contributed by atoms with Gasteiger partial charge in [-0.15, -0.1) is 0 Å². The van der Waals surface area contributed by atoms with Crippen LogP contribution in [0.4, 0.5) is 8.78 Å². The summed E-state index contributed by atoms with van der Waals surface area (Å²) in [6.45, 7) is 1.88. The Bertz CT molecular complexity index is 605. The average molecular weight is 283 g/mol. The quantitative estimate of drug-likeness (QED) is 0.896. The summed E-state index contributed by atoms with van der Waals surface area (Å²) >= 11 is 0. The number of nitrogens with zero attached hydrogens (tertiary/aromatic N) is 4. The van der Waals surface area contributed by atoms with E-state index in [1.165, 1.54) is 10.7 Å². The van der Waals surface area contributed by atoms with Crippen LogP contribution in [0.3, 0.4) is 0 Å². The first-order valence-corrected chi connectivity index (χ1v) is 6.03. The van der Waals surface area contributed by atoms with Crippen molar-refractivity contribution < 1.29 is 13.6 Å². The molecule has 0 fully saturated rings. The molecule has 0 radical (unpaired) electrons. The lowest BCUT2D eigenvalue weighted by atomic mass is 10.4. The standard InChI is InChI=1S/C12H15F2N5O/c1-8-5-10(12(13)14)17-19(8)7-11(20)15-6-9-3-4-16-18(9)2/h3-5,12H,6-7H2,1-2H3,(H,15,20). The fourth-order valence-electron chi connectivity index (χ4n) is 1.76. The van der Waals surface area contributed by atoms with Gasteiger partial charge in [0.1, 0.15) is 12.2 Å². The number of rotatable bonds is 5. The molecule has 2 aromatic rings. The SMILES string of the molecule is Cc1cc(C(F)F)nn1CC(=O)NCc1ccnn1C. The lowest BCUT2D eigenvalue weighted by molar-refractivity contribution is -0.122. The van der Waals surface area contributed by atoms with Crippen LogP contribution in [0.15, 0.2) is 18.3 Å². The third-order valence-corrected chi connectivity index (χ3v) is 2.91. The van der Waals surface area contributed by atoms with E-state index >= 15 is 0 Å². The second kappa shape index (κ2) is 5.81. The van der Waals surface area contributed by atoms with Crippen molar-refractivity contribution in [3.8, 4) is 0 Å². The van der Waals surface area contributed by atoms with Gasteiger partial charge in [0.15, 0.2) is 0 Å². The Kier molecular flexibility index (Phi) is 4.11. The molecular weight excluding hydrogens is 268 g/mol. The van der Waals surface area contributed by atoms with Gasteiger partial charge >= 0.3 is 0 Å². The lowest BCUT2D eigenvalue weighted by Crippen LogP contribution is -2.28. The first-order chi connectivity index (χ1) is 9.47. The van der Waals surface area contributed by atoms with E-state index in [4.69, 9.17) is 0 Å². The average Bonchev–Trinajstić information content (AvgIpc) is 2.94. The van der Waals surface area contributed by atoms with Gasteiger partial charge in [-0.25, -0.2) is 8.78 Å². The molecule has 20 heavy (non-hydrogen) atoms. The Morgan fingerprint density at radius 1 is 1.50 bits per heavy atom. The number of amides is 1. The molecule has 0 saturated heterocycles. The van der Waals surface area contributed by atoms with Crippen LogP contribution in [0.25, 0.3) is 0 Å². The minimum atomic E-state index is -2.63. The van der Waals surface area contributed by atoms with Gasteiger partial charge in [0, 0.05) is 18.9 Å². The van der Waals surface area contributed by atoms with Gasteiger partial charge in [0.25, 0.3) is 6.43 Å². The van der Waals surface area contributed by atoms with Crippen LogP contribution in [0.1, 0.15) is 23.5 Å². The van der Waals surface area contributed by atoms with E-state index < -0.39 is 6.43 Å². The van der Waals surface area contributed by atoms with Crippen LogP contribution in [-0.4, -0.2) is 25.5 Å². The maximum absolute atomic E-state index is 12.5. The largest absolute Gasteiger partial charge is 0.349 e. The Hall–Kier alpha value is -2.25. The zero-order valence-corrected chi connectivity index (χ0v) is 11.2. The molecule has 2 aromatic heterocycles. The van der Waals surface area contributed by atoms with Gasteiger partial charge in [-0.1, -0.05) is 0 Å². The summed E-state index contributed by atoms with van der Waals surface area (Å²) in [5.74, 6) is -0.293. The normalized spacial score (nSPS) is 11.1. The van der Waals surface area contributed by atoms with Crippen molar-refractivity contribution in [2.45, 2.75) is 26.4 Å². The topological polar surface area (TPSA) is 64.7 Å². The van der Waals surface area contributed by atoms with Crippen molar-refractivity contribution >= 4 is 5.91 Å². The number of carbonyl (C=O) groups is 1. The smallest absolute Gasteiger partial charge is 0.282 e. The predicted molar refractivity (Wildman–Crippen MR) is 67.0 cm³/mol. The van der Waals surface area contributed by atoms with Crippen molar-refractivity contribution in [1.82, 2.24) is 24.9 Å². The molecule has 0 aliphatic heterocycles. The van der Waals surface area contributed by atoms with E-state index in [0.717, 1.165) is 5.69 Å². The van der Waals surface area contributed by atoms with Gasteiger partial charge in [-0.05, 0) is 19.1 Å². The van der Waals surface area contributed by atoms with Crippen molar-refractivity contribution in [3.63, 3.8) is 0 Å². The molecule has 0 aliphatic rings. The van der Waals surface area contributed by atoms with Gasteiger partial charge in [0.05, 0.1) is 12.2 Å². The summed E-state index contributed by atoms with van der Waals surface area (Å²) in [7, 11) is 1.77. The van der Waals surface area contributed by atoms with Crippen LogP contribution in [0, 0.1) is 6.92 Å². The molecule has 0 aliphatic carbocycles. The number of alkyl halides is 2. The molecule has 6 nitrogen and oxygen atoms in total. The van der Waals surface area contributed by atoms with Crippen LogP contribution in [-0.2, 0) is 24.9 Å². The van der Waals surface area contributed by atoms with Crippen molar-refractivity contribution in [1.29, 1.82) is 0 Å². The third-order valence-electron chi connectivity index (χ3n) is 2.91. The molecule has 0 spiro atoms. The highest BCUT2D eigenvalue weighted by atomic mass is 19.3.